The minimum Gasteiger partial charge on any atom is -0.399 e. The molecule has 0 aliphatic heterocycles. The quantitative estimate of drug-likeness (QED) is 0.634. The van der Waals surface area contributed by atoms with Crippen LogP contribution in [0.15, 0.2) is 18.2 Å². The number of hydrogen-bond donors (Lipinski definition) is 2. The van der Waals surface area contributed by atoms with Crippen molar-refractivity contribution in [3.05, 3.63) is 28.8 Å². The molecular weight excluding hydrogens is 253 g/mol. The molecule has 0 fully saturated rings. The third-order valence-electron chi connectivity index (χ3n) is 2.12. The summed E-state index contributed by atoms with van der Waals surface area (Å²) in [6, 6.07) is 5.09. The molecule has 3 N–H and O–H groups in total. The zero-order valence-corrected chi connectivity index (χ0v) is 9.91. The maximum atomic E-state index is 11.8. The first-order valence-electron chi connectivity index (χ1n) is 5.19. The van der Waals surface area contributed by atoms with Crippen LogP contribution in [-0.4, -0.2) is 12.7 Å². The number of nitrogen functional groups attached to an aromatic ring is 1. The molecule has 1 aromatic carbocycles. The van der Waals surface area contributed by atoms with Crippen LogP contribution in [0, 0.1) is 0 Å². The van der Waals surface area contributed by atoms with Crippen molar-refractivity contribution in [1.29, 1.82) is 0 Å². The van der Waals surface area contributed by atoms with Crippen LogP contribution in [0.5, 0.6) is 0 Å². The lowest BCUT2D eigenvalue weighted by atomic mass is 10.2. The maximum absolute atomic E-state index is 11.8. The fraction of sp³-hybridized carbons (Fsp3) is 0.455. The zero-order chi connectivity index (χ0) is 12.9. The monoisotopic (exact) mass is 266 g/mol. The Bertz CT molecular complexity index is 346. The van der Waals surface area contributed by atoms with Crippen LogP contribution in [-0.2, 0) is 6.54 Å². The van der Waals surface area contributed by atoms with E-state index in [-0.39, 0.29) is 6.42 Å². The third-order valence-corrected chi connectivity index (χ3v) is 2.34. The highest BCUT2D eigenvalue weighted by atomic mass is 35.5. The van der Waals surface area contributed by atoms with E-state index in [1.165, 1.54) is 0 Å². The van der Waals surface area contributed by atoms with Gasteiger partial charge in [-0.1, -0.05) is 11.6 Å². The number of benzene rings is 1. The number of anilines is 1. The van der Waals surface area contributed by atoms with E-state index in [1.54, 1.807) is 18.2 Å². The van der Waals surface area contributed by atoms with Gasteiger partial charge in [-0.2, -0.15) is 13.2 Å². The lowest BCUT2D eigenvalue weighted by molar-refractivity contribution is -0.135. The van der Waals surface area contributed by atoms with Crippen LogP contribution in [0.4, 0.5) is 18.9 Å². The standard InChI is InChI=1S/C11H14ClF3N2/c12-9-4-8(5-10(16)6-9)7-17-3-1-2-11(13,14)15/h4-6,17H,1-3,7,16H2. The average molecular weight is 267 g/mol. The molecule has 0 amide bonds. The molecule has 0 aliphatic rings. The molecule has 2 nitrogen and oxygen atoms in total. The zero-order valence-electron chi connectivity index (χ0n) is 9.15. The van der Waals surface area contributed by atoms with Crippen LogP contribution in [0.3, 0.4) is 0 Å². The average Bonchev–Trinajstić information content (AvgIpc) is 2.13. The van der Waals surface area contributed by atoms with E-state index in [0.29, 0.717) is 23.8 Å². The molecule has 1 aromatic rings. The Balaban J connectivity index is 2.27. The second-order valence-electron chi connectivity index (χ2n) is 3.79. The Labute approximate surface area is 103 Å². The van der Waals surface area contributed by atoms with Gasteiger partial charge >= 0.3 is 6.18 Å². The fourth-order valence-electron chi connectivity index (χ4n) is 1.42. The molecule has 1 rings (SSSR count). The first kappa shape index (κ1) is 14.1. The summed E-state index contributed by atoms with van der Waals surface area (Å²) in [6.45, 7) is 0.772. The molecule has 0 radical (unpaired) electrons. The molecular formula is C11H14ClF3N2. The second-order valence-corrected chi connectivity index (χ2v) is 4.22. The van der Waals surface area contributed by atoms with Gasteiger partial charge in [-0.15, -0.1) is 0 Å². The number of rotatable bonds is 5. The topological polar surface area (TPSA) is 38.0 Å². The van der Waals surface area contributed by atoms with Crippen molar-refractivity contribution in [3.8, 4) is 0 Å². The van der Waals surface area contributed by atoms with Gasteiger partial charge in [-0.25, -0.2) is 0 Å². The Morgan fingerprint density at radius 1 is 1.24 bits per heavy atom. The molecule has 96 valence electrons. The van der Waals surface area contributed by atoms with Gasteiger partial charge in [0.25, 0.3) is 0 Å². The van der Waals surface area contributed by atoms with Gasteiger partial charge in [0, 0.05) is 23.7 Å². The molecule has 0 aromatic heterocycles. The summed E-state index contributed by atoms with van der Waals surface area (Å²) in [5.74, 6) is 0. The van der Waals surface area contributed by atoms with Crippen molar-refractivity contribution in [2.24, 2.45) is 0 Å². The highest BCUT2D eigenvalue weighted by Crippen LogP contribution is 2.21. The number of halogens is 4. The van der Waals surface area contributed by atoms with E-state index < -0.39 is 12.6 Å². The van der Waals surface area contributed by atoms with Crippen LogP contribution >= 0.6 is 11.6 Å². The number of nitrogens with two attached hydrogens (primary N) is 1. The van der Waals surface area contributed by atoms with Crippen molar-refractivity contribution in [2.75, 3.05) is 12.3 Å². The minimum atomic E-state index is -4.08. The minimum absolute atomic E-state index is 0.0690. The summed E-state index contributed by atoms with van der Waals surface area (Å²) in [4.78, 5) is 0. The van der Waals surface area contributed by atoms with Crippen molar-refractivity contribution in [2.45, 2.75) is 25.6 Å². The summed E-state index contributed by atoms with van der Waals surface area (Å²) in [5.41, 5.74) is 6.99. The molecule has 0 unspecified atom stereocenters. The van der Waals surface area contributed by atoms with E-state index >= 15 is 0 Å². The molecule has 0 atom stereocenters. The predicted molar refractivity (Wildman–Crippen MR) is 62.9 cm³/mol. The summed E-state index contributed by atoms with van der Waals surface area (Å²) in [6.07, 6.45) is -4.78. The summed E-state index contributed by atoms with van der Waals surface area (Å²) >= 11 is 5.79. The van der Waals surface area contributed by atoms with Crippen molar-refractivity contribution >= 4 is 17.3 Å². The number of alkyl halides is 3. The van der Waals surface area contributed by atoms with E-state index in [0.717, 1.165) is 5.56 Å². The predicted octanol–water partition coefficient (Wildman–Crippen LogP) is 3.35. The summed E-state index contributed by atoms with van der Waals surface area (Å²) < 4.78 is 35.5. The van der Waals surface area contributed by atoms with Crippen molar-refractivity contribution in [1.82, 2.24) is 5.32 Å². The van der Waals surface area contributed by atoms with Crippen LogP contribution < -0.4 is 11.1 Å². The normalized spacial score (nSPS) is 11.8. The first-order chi connectivity index (χ1) is 7.87. The van der Waals surface area contributed by atoms with E-state index in [9.17, 15) is 13.2 Å². The van der Waals surface area contributed by atoms with Gasteiger partial charge in [-0.05, 0) is 36.7 Å². The molecule has 0 spiro atoms. The first-order valence-corrected chi connectivity index (χ1v) is 5.57. The van der Waals surface area contributed by atoms with Crippen molar-refractivity contribution in [3.63, 3.8) is 0 Å². The van der Waals surface area contributed by atoms with Gasteiger partial charge in [-0.3, -0.25) is 0 Å². The Morgan fingerprint density at radius 3 is 2.53 bits per heavy atom. The highest BCUT2D eigenvalue weighted by molar-refractivity contribution is 6.30. The lowest BCUT2D eigenvalue weighted by Crippen LogP contribution is -2.17. The fourth-order valence-corrected chi connectivity index (χ4v) is 1.69. The molecule has 0 saturated carbocycles. The van der Waals surface area contributed by atoms with E-state index in [4.69, 9.17) is 17.3 Å². The molecule has 0 aliphatic carbocycles. The summed E-state index contributed by atoms with van der Waals surface area (Å²) in [5, 5.41) is 3.44. The van der Waals surface area contributed by atoms with Crippen LogP contribution in [0.25, 0.3) is 0 Å². The number of nitrogens with one attached hydrogen (secondary N) is 1. The largest absolute Gasteiger partial charge is 0.399 e. The Morgan fingerprint density at radius 2 is 1.94 bits per heavy atom. The molecule has 0 heterocycles. The van der Waals surface area contributed by atoms with Gasteiger partial charge in [0.2, 0.25) is 0 Å². The van der Waals surface area contributed by atoms with Crippen LogP contribution in [0.2, 0.25) is 5.02 Å². The second kappa shape index (κ2) is 6.12. The SMILES string of the molecule is Nc1cc(Cl)cc(CNCCCC(F)(F)F)c1. The van der Waals surface area contributed by atoms with Gasteiger partial charge in [0.1, 0.15) is 0 Å². The van der Waals surface area contributed by atoms with E-state index in [1.807, 2.05) is 0 Å². The maximum Gasteiger partial charge on any atom is 0.389 e. The Hall–Kier alpha value is -0.940. The third kappa shape index (κ3) is 6.38. The highest BCUT2D eigenvalue weighted by Gasteiger charge is 2.25. The van der Waals surface area contributed by atoms with Gasteiger partial charge in [0.05, 0.1) is 0 Å². The lowest BCUT2D eigenvalue weighted by Gasteiger charge is -2.08. The van der Waals surface area contributed by atoms with Gasteiger partial charge in [0.15, 0.2) is 0 Å². The van der Waals surface area contributed by atoms with E-state index in [2.05, 4.69) is 5.32 Å². The molecule has 0 bridgehead atoms. The summed E-state index contributed by atoms with van der Waals surface area (Å²) in [7, 11) is 0. The Kier molecular flexibility index (Phi) is 5.08. The van der Waals surface area contributed by atoms with Crippen LogP contribution in [0.1, 0.15) is 18.4 Å². The number of hydrogen-bond acceptors (Lipinski definition) is 2. The van der Waals surface area contributed by atoms with Gasteiger partial charge < -0.3 is 11.1 Å². The molecule has 0 saturated heterocycles. The van der Waals surface area contributed by atoms with Crippen molar-refractivity contribution < 1.29 is 13.2 Å². The smallest absolute Gasteiger partial charge is 0.389 e. The molecule has 17 heavy (non-hydrogen) atoms. The molecule has 6 heteroatoms.